The highest BCUT2D eigenvalue weighted by Crippen LogP contribution is 2.23. The summed E-state index contributed by atoms with van der Waals surface area (Å²) in [6.07, 6.45) is 5.55. The smallest absolute Gasteiger partial charge is 0.220 e. The Morgan fingerprint density at radius 2 is 1.77 bits per heavy atom. The van der Waals surface area contributed by atoms with Crippen molar-refractivity contribution in [1.82, 2.24) is 10.2 Å². The maximum absolute atomic E-state index is 12.4. The molecular weight excluding hydrogens is 416 g/mol. The summed E-state index contributed by atoms with van der Waals surface area (Å²) in [5, 5.41) is 2.88. The Hall–Kier alpha value is -1.93. The minimum Gasteiger partial charge on any atom is -0.494 e. The number of nitrogens with zero attached hydrogens (tertiary/aromatic N) is 1. The maximum Gasteiger partial charge on any atom is 0.220 e. The number of unbranched alkanes of at least 4 members (excludes halogenated alkanes) is 2. The summed E-state index contributed by atoms with van der Waals surface area (Å²) in [5.41, 5.74) is 0.548. The Bertz CT molecular complexity index is 847. The molecule has 0 spiro atoms. The summed E-state index contributed by atoms with van der Waals surface area (Å²) in [6, 6.07) is 6.46. The zero-order valence-corrected chi connectivity index (χ0v) is 19.2. The number of amides is 1. The van der Waals surface area contributed by atoms with Crippen molar-refractivity contribution in [3.05, 3.63) is 29.8 Å². The van der Waals surface area contributed by atoms with Gasteiger partial charge in [-0.15, -0.1) is 0 Å². The largest absolute Gasteiger partial charge is 0.494 e. The van der Waals surface area contributed by atoms with Gasteiger partial charge in [0.15, 0.2) is 15.6 Å². The molecule has 0 aliphatic carbocycles. The average Bonchev–Trinajstić information content (AvgIpc) is 3.37. The normalized spacial score (nSPS) is 23.0. The Balaban J connectivity index is 1.45. The second kappa shape index (κ2) is 11.1. The van der Waals surface area contributed by atoms with Gasteiger partial charge in [0, 0.05) is 24.4 Å². The molecule has 2 unspecified atom stereocenters. The van der Waals surface area contributed by atoms with Crippen molar-refractivity contribution >= 4 is 21.5 Å². The molecule has 2 aliphatic heterocycles. The van der Waals surface area contributed by atoms with Crippen molar-refractivity contribution in [2.75, 3.05) is 31.2 Å². The van der Waals surface area contributed by atoms with Gasteiger partial charge in [-0.25, -0.2) is 8.42 Å². The van der Waals surface area contributed by atoms with Crippen LogP contribution < -0.4 is 10.1 Å². The number of carbonyl (C=O) groups excluding carboxylic acids is 2. The fourth-order valence-electron chi connectivity index (χ4n) is 4.33. The lowest BCUT2D eigenvalue weighted by molar-refractivity contribution is -0.121. The Labute approximate surface area is 185 Å². The first kappa shape index (κ1) is 23.7. The molecule has 31 heavy (non-hydrogen) atoms. The highest BCUT2D eigenvalue weighted by Gasteiger charge is 2.42. The monoisotopic (exact) mass is 450 g/mol. The molecule has 7 nitrogen and oxygen atoms in total. The quantitative estimate of drug-likeness (QED) is 0.412. The van der Waals surface area contributed by atoms with Crippen LogP contribution in [-0.2, 0) is 14.6 Å². The molecule has 0 radical (unpaired) electrons. The summed E-state index contributed by atoms with van der Waals surface area (Å²) in [7, 11) is -3.15. The topological polar surface area (TPSA) is 92.8 Å². The predicted molar refractivity (Wildman–Crippen MR) is 120 cm³/mol. The molecule has 172 valence electrons. The first-order valence-electron chi connectivity index (χ1n) is 11.4. The molecule has 0 bridgehead atoms. The lowest BCUT2D eigenvalue weighted by atomic mass is 10.1. The Morgan fingerprint density at radius 1 is 1.06 bits per heavy atom. The van der Waals surface area contributed by atoms with Gasteiger partial charge < -0.3 is 10.1 Å². The van der Waals surface area contributed by atoms with Gasteiger partial charge in [0.05, 0.1) is 24.2 Å². The van der Waals surface area contributed by atoms with Crippen molar-refractivity contribution < 1.29 is 22.7 Å². The van der Waals surface area contributed by atoms with Crippen LogP contribution in [0.5, 0.6) is 5.75 Å². The molecule has 1 aromatic carbocycles. The highest BCUT2D eigenvalue weighted by molar-refractivity contribution is 7.91. The zero-order valence-electron chi connectivity index (χ0n) is 18.3. The Kier molecular flexibility index (Phi) is 8.49. The molecule has 3 rings (SSSR count). The number of ketones is 1. The third-order valence-corrected chi connectivity index (χ3v) is 7.77. The van der Waals surface area contributed by atoms with Gasteiger partial charge in [-0.3, -0.25) is 14.5 Å². The van der Waals surface area contributed by atoms with E-state index in [1.165, 1.54) is 0 Å². The van der Waals surface area contributed by atoms with Crippen molar-refractivity contribution in [2.24, 2.45) is 0 Å². The van der Waals surface area contributed by atoms with Gasteiger partial charge in [-0.1, -0.05) is 19.8 Å². The predicted octanol–water partition coefficient (Wildman–Crippen LogP) is 2.60. The minimum absolute atomic E-state index is 0.0203. The van der Waals surface area contributed by atoms with Crippen LogP contribution in [0.3, 0.4) is 0 Å². The van der Waals surface area contributed by atoms with Crippen molar-refractivity contribution in [3.63, 3.8) is 0 Å². The number of rotatable bonds is 11. The minimum atomic E-state index is -3.15. The van der Waals surface area contributed by atoms with Crippen LogP contribution in [0.25, 0.3) is 0 Å². The second-order valence-electron chi connectivity index (χ2n) is 8.56. The van der Waals surface area contributed by atoms with E-state index in [2.05, 4.69) is 17.1 Å². The van der Waals surface area contributed by atoms with E-state index >= 15 is 0 Å². The molecule has 1 aromatic rings. The van der Waals surface area contributed by atoms with Crippen molar-refractivity contribution in [1.29, 1.82) is 0 Å². The van der Waals surface area contributed by atoms with Crippen LogP contribution >= 0.6 is 0 Å². The highest BCUT2D eigenvalue weighted by atomic mass is 32.2. The summed E-state index contributed by atoms with van der Waals surface area (Å²) in [4.78, 5) is 27.1. The molecule has 1 amide bonds. The van der Waals surface area contributed by atoms with Gasteiger partial charge >= 0.3 is 0 Å². The molecule has 2 fully saturated rings. The van der Waals surface area contributed by atoms with Gasteiger partial charge in [-0.2, -0.15) is 0 Å². The molecule has 1 N–H and O–H groups in total. The molecule has 0 saturated carbocycles. The molecule has 8 heteroatoms. The Morgan fingerprint density at radius 3 is 2.45 bits per heavy atom. The third kappa shape index (κ3) is 7.04. The number of Topliss-reactive ketones (excluding diaryl/α,β-unsaturated/α-hetero) is 1. The van der Waals surface area contributed by atoms with Crippen LogP contribution in [-0.4, -0.2) is 68.3 Å². The van der Waals surface area contributed by atoms with Crippen LogP contribution in [0.15, 0.2) is 24.3 Å². The van der Waals surface area contributed by atoms with E-state index in [1.54, 1.807) is 24.3 Å². The van der Waals surface area contributed by atoms with Crippen molar-refractivity contribution in [2.45, 2.75) is 64.0 Å². The van der Waals surface area contributed by atoms with Gasteiger partial charge in [0.2, 0.25) is 5.91 Å². The number of carbonyl (C=O) groups is 2. The van der Waals surface area contributed by atoms with Gasteiger partial charge in [0.1, 0.15) is 5.75 Å². The fourth-order valence-corrected chi connectivity index (χ4v) is 6.28. The first-order valence-corrected chi connectivity index (χ1v) is 13.2. The van der Waals surface area contributed by atoms with Gasteiger partial charge in [-0.05, 0) is 56.6 Å². The van der Waals surface area contributed by atoms with Crippen LogP contribution in [0.2, 0.25) is 0 Å². The van der Waals surface area contributed by atoms with E-state index in [-0.39, 0.29) is 42.1 Å². The molecule has 2 aliphatic rings. The van der Waals surface area contributed by atoms with E-state index in [0.717, 1.165) is 50.9 Å². The number of hydrogen-bond acceptors (Lipinski definition) is 6. The fraction of sp³-hybridized carbons (Fsp3) is 0.652. The first-order chi connectivity index (χ1) is 14.9. The number of benzene rings is 1. The lowest BCUT2D eigenvalue weighted by Gasteiger charge is -2.28. The summed E-state index contributed by atoms with van der Waals surface area (Å²) in [6.45, 7) is 4.56. The summed E-state index contributed by atoms with van der Waals surface area (Å²) < 4.78 is 29.9. The third-order valence-electron chi connectivity index (χ3n) is 6.05. The SMILES string of the molecule is CCCCCOc1ccc(C(=O)CCC(=O)NC2CS(=O)(=O)CC2N2CCCC2)cc1. The van der Waals surface area contributed by atoms with E-state index in [4.69, 9.17) is 4.74 Å². The van der Waals surface area contributed by atoms with Crippen molar-refractivity contribution in [3.8, 4) is 5.75 Å². The summed E-state index contributed by atoms with van der Waals surface area (Å²) >= 11 is 0. The molecule has 0 aromatic heterocycles. The van der Waals surface area contributed by atoms with Gasteiger partial charge in [0.25, 0.3) is 0 Å². The number of nitrogens with one attached hydrogen (secondary N) is 1. The van der Waals surface area contributed by atoms with E-state index in [0.29, 0.717) is 12.2 Å². The number of likely N-dealkylation sites (tertiary alicyclic amines) is 1. The van der Waals surface area contributed by atoms with Crippen LogP contribution in [0.1, 0.15) is 62.2 Å². The molecular formula is C23H34N2O5S. The standard InChI is InChI=1S/C23H34N2O5S/c1-2-3-6-15-30-19-9-7-18(8-10-19)22(26)11-12-23(27)24-20-16-31(28,29)17-21(20)25-13-4-5-14-25/h7-10,20-21H,2-6,11-17H2,1H3,(H,24,27). The maximum atomic E-state index is 12.4. The zero-order chi connectivity index (χ0) is 22.3. The van der Waals surface area contributed by atoms with E-state index in [1.807, 2.05) is 0 Å². The van der Waals surface area contributed by atoms with E-state index in [9.17, 15) is 18.0 Å². The summed E-state index contributed by atoms with van der Waals surface area (Å²) in [5.74, 6) is 0.441. The molecule has 2 heterocycles. The second-order valence-corrected chi connectivity index (χ2v) is 10.7. The molecule has 2 atom stereocenters. The number of hydrogen-bond donors (Lipinski definition) is 1. The molecule has 2 saturated heterocycles. The lowest BCUT2D eigenvalue weighted by Crippen LogP contribution is -2.50. The number of ether oxygens (including phenoxy) is 1. The number of sulfone groups is 1. The van der Waals surface area contributed by atoms with E-state index < -0.39 is 15.9 Å². The van der Waals surface area contributed by atoms with Crippen LogP contribution in [0.4, 0.5) is 0 Å². The average molecular weight is 451 g/mol. The van der Waals surface area contributed by atoms with Crippen LogP contribution in [0, 0.1) is 0 Å².